The maximum absolute atomic E-state index is 13.0. The quantitative estimate of drug-likeness (QED) is 0.904. The van der Waals surface area contributed by atoms with Gasteiger partial charge in [0.05, 0.1) is 11.9 Å². The largest absolute Gasteiger partial charge is 0.324 e. The molecule has 1 unspecified atom stereocenters. The molecule has 3 nitrogen and oxygen atoms in total. The Morgan fingerprint density at radius 3 is 2.28 bits per heavy atom. The van der Waals surface area contributed by atoms with Crippen LogP contribution in [0.25, 0.3) is 11.3 Å². The summed E-state index contributed by atoms with van der Waals surface area (Å²) in [6, 6.07) is 6.57. The van der Waals surface area contributed by atoms with Crippen molar-refractivity contribution in [3.8, 4) is 11.3 Å². The fourth-order valence-corrected chi connectivity index (χ4v) is 2.01. The van der Waals surface area contributed by atoms with E-state index in [0.717, 1.165) is 16.8 Å². The molecule has 0 saturated carbocycles. The van der Waals surface area contributed by atoms with Crippen LogP contribution in [0.3, 0.4) is 0 Å². The molecule has 2 rings (SSSR count). The smallest absolute Gasteiger partial charge is 0.123 e. The van der Waals surface area contributed by atoms with E-state index in [4.69, 9.17) is 5.73 Å². The van der Waals surface area contributed by atoms with Crippen molar-refractivity contribution in [2.75, 3.05) is 0 Å². The monoisotopic (exact) mass is 247 g/mol. The summed E-state index contributed by atoms with van der Waals surface area (Å²) in [6.45, 7) is 6.05. The molecule has 1 heterocycles. The highest BCUT2D eigenvalue weighted by atomic mass is 19.1. The molecule has 4 heteroatoms. The van der Waals surface area contributed by atoms with Crippen LogP contribution in [-0.4, -0.2) is 9.78 Å². The molecule has 18 heavy (non-hydrogen) atoms. The molecule has 0 bridgehead atoms. The summed E-state index contributed by atoms with van der Waals surface area (Å²) in [5.74, 6) is -0.239. The lowest BCUT2D eigenvalue weighted by Gasteiger charge is -2.14. The Labute approximate surface area is 106 Å². The summed E-state index contributed by atoms with van der Waals surface area (Å²) in [7, 11) is 0. The number of nitrogens with two attached hydrogens (primary N) is 1. The minimum atomic E-state index is -0.239. The van der Waals surface area contributed by atoms with Crippen molar-refractivity contribution in [3.63, 3.8) is 0 Å². The third-order valence-corrected chi connectivity index (χ3v) is 2.92. The van der Waals surface area contributed by atoms with Crippen LogP contribution < -0.4 is 5.73 Å². The first kappa shape index (κ1) is 12.8. The van der Waals surface area contributed by atoms with Gasteiger partial charge in [-0.05, 0) is 45.0 Å². The standard InChI is InChI=1S/C14H18FN3/c1-9(2)18-14(13(8-17-18)10(3)16)11-4-6-12(15)7-5-11/h4-10H,16H2,1-3H3. The van der Waals surface area contributed by atoms with Crippen molar-refractivity contribution in [1.29, 1.82) is 0 Å². The zero-order chi connectivity index (χ0) is 13.3. The zero-order valence-corrected chi connectivity index (χ0v) is 10.9. The van der Waals surface area contributed by atoms with E-state index in [1.165, 1.54) is 12.1 Å². The predicted molar refractivity (Wildman–Crippen MR) is 70.6 cm³/mol. The molecule has 0 fully saturated rings. The first-order chi connectivity index (χ1) is 8.50. The highest BCUT2D eigenvalue weighted by Crippen LogP contribution is 2.29. The molecule has 1 atom stereocenters. The van der Waals surface area contributed by atoms with Crippen molar-refractivity contribution in [1.82, 2.24) is 9.78 Å². The molecule has 2 aromatic rings. The first-order valence-electron chi connectivity index (χ1n) is 6.09. The Hall–Kier alpha value is -1.68. The molecule has 0 aliphatic heterocycles. The number of rotatable bonds is 3. The molecule has 1 aromatic heterocycles. The minimum Gasteiger partial charge on any atom is -0.324 e. The number of nitrogens with zero attached hydrogens (tertiary/aromatic N) is 2. The van der Waals surface area contributed by atoms with Crippen LogP contribution in [0.15, 0.2) is 30.5 Å². The van der Waals surface area contributed by atoms with Crippen LogP contribution in [-0.2, 0) is 0 Å². The maximum atomic E-state index is 13.0. The van der Waals surface area contributed by atoms with E-state index in [1.54, 1.807) is 18.3 Å². The van der Waals surface area contributed by atoms with Gasteiger partial charge in [0, 0.05) is 23.2 Å². The van der Waals surface area contributed by atoms with Gasteiger partial charge in [-0.1, -0.05) is 0 Å². The molecule has 96 valence electrons. The second kappa shape index (κ2) is 4.90. The van der Waals surface area contributed by atoms with E-state index in [-0.39, 0.29) is 17.9 Å². The van der Waals surface area contributed by atoms with E-state index in [2.05, 4.69) is 18.9 Å². The van der Waals surface area contributed by atoms with Gasteiger partial charge in [0.25, 0.3) is 0 Å². The summed E-state index contributed by atoms with van der Waals surface area (Å²) >= 11 is 0. The minimum absolute atomic E-state index is 0.0995. The van der Waals surface area contributed by atoms with Crippen LogP contribution in [0.5, 0.6) is 0 Å². The van der Waals surface area contributed by atoms with Crippen molar-refractivity contribution in [3.05, 3.63) is 41.8 Å². The SMILES string of the molecule is CC(N)c1cnn(C(C)C)c1-c1ccc(F)cc1. The van der Waals surface area contributed by atoms with E-state index in [1.807, 2.05) is 11.6 Å². The van der Waals surface area contributed by atoms with Gasteiger partial charge in [-0.2, -0.15) is 5.10 Å². The van der Waals surface area contributed by atoms with E-state index < -0.39 is 0 Å². The topological polar surface area (TPSA) is 43.8 Å². The van der Waals surface area contributed by atoms with Crippen molar-refractivity contribution in [2.24, 2.45) is 5.73 Å². The van der Waals surface area contributed by atoms with Gasteiger partial charge in [-0.25, -0.2) is 4.39 Å². The summed E-state index contributed by atoms with van der Waals surface area (Å²) < 4.78 is 14.9. The maximum Gasteiger partial charge on any atom is 0.123 e. The number of aromatic nitrogens is 2. The van der Waals surface area contributed by atoms with Gasteiger partial charge >= 0.3 is 0 Å². The Balaban J connectivity index is 2.59. The molecular weight excluding hydrogens is 229 g/mol. The number of hydrogen-bond donors (Lipinski definition) is 1. The molecule has 2 N–H and O–H groups in total. The van der Waals surface area contributed by atoms with Gasteiger partial charge in [-0.3, -0.25) is 4.68 Å². The van der Waals surface area contributed by atoms with Gasteiger partial charge in [0.1, 0.15) is 5.82 Å². The molecule has 1 aromatic carbocycles. The van der Waals surface area contributed by atoms with Crippen molar-refractivity contribution >= 4 is 0 Å². The summed E-state index contributed by atoms with van der Waals surface area (Å²) in [6.07, 6.45) is 1.79. The van der Waals surface area contributed by atoms with Crippen LogP contribution in [0.4, 0.5) is 4.39 Å². The Kier molecular flexibility index (Phi) is 3.48. The normalized spacial score (nSPS) is 13.0. The number of benzene rings is 1. The Morgan fingerprint density at radius 2 is 1.78 bits per heavy atom. The highest BCUT2D eigenvalue weighted by Gasteiger charge is 2.17. The van der Waals surface area contributed by atoms with Crippen LogP contribution in [0.1, 0.15) is 38.4 Å². The summed E-state index contributed by atoms with van der Waals surface area (Å²) in [4.78, 5) is 0. The lowest BCUT2D eigenvalue weighted by Crippen LogP contribution is -2.09. The Morgan fingerprint density at radius 1 is 1.17 bits per heavy atom. The van der Waals surface area contributed by atoms with Gasteiger partial charge in [-0.15, -0.1) is 0 Å². The van der Waals surface area contributed by atoms with E-state index >= 15 is 0 Å². The third-order valence-electron chi connectivity index (χ3n) is 2.92. The van der Waals surface area contributed by atoms with Crippen LogP contribution in [0.2, 0.25) is 0 Å². The molecule has 0 aliphatic carbocycles. The second-order valence-electron chi connectivity index (χ2n) is 4.78. The average Bonchev–Trinajstić information content (AvgIpc) is 2.74. The van der Waals surface area contributed by atoms with Gasteiger partial charge in [0.15, 0.2) is 0 Å². The van der Waals surface area contributed by atoms with Crippen LogP contribution in [0, 0.1) is 5.82 Å². The summed E-state index contributed by atoms with van der Waals surface area (Å²) in [5.41, 5.74) is 8.86. The predicted octanol–water partition coefficient (Wildman–Crippen LogP) is 3.29. The second-order valence-corrected chi connectivity index (χ2v) is 4.78. The molecule has 0 amide bonds. The number of halogens is 1. The first-order valence-corrected chi connectivity index (χ1v) is 6.09. The molecule has 0 radical (unpaired) electrons. The summed E-state index contributed by atoms with van der Waals surface area (Å²) in [5, 5.41) is 4.38. The van der Waals surface area contributed by atoms with Crippen LogP contribution >= 0.6 is 0 Å². The molecule has 0 spiro atoms. The van der Waals surface area contributed by atoms with E-state index in [9.17, 15) is 4.39 Å². The Bertz CT molecular complexity index is 501. The lowest BCUT2D eigenvalue weighted by atomic mass is 10.0. The molecule has 0 saturated heterocycles. The van der Waals surface area contributed by atoms with Gasteiger partial charge < -0.3 is 5.73 Å². The third kappa shape index (κ3) is 2.29. The zero-order valence-electron chi connectivity index (χ0n) is 10.9. The molecule has 0 aliphatic rings. The van der Waals surface area contributed by atoms with Crippen molar-refractivity contribution in [2.45, 2.75) is 32.9 Å². The molecular formula is C14H18FN3. The highest BCUT2D eigenvalue weighted by molar-refractivity contribution is 5.64. The van der Waals surface area contributed by atoms with E-state index in [0.29, 0.717) is 0 Å². The number of hydrogen-bond acceptors (Lipinski definition) is 2. The van der Waals surface area contributed by atoms with Gasteiger partial charge in [0.2, 0.25) is 0 Å². The fourth-order valence-electron chi connectivity index (χ4n) is 2.01. The average molecular weight is 247 g/mol. The lowest BCUT2D eigenvalue weighted by molar-refractivity contribution is 0.538. The fraction of sp³-hybridized carbons (Fsp3) is 0.357. The van der Waals surface area contributed by atoms with Crippen molar-refractivity contribution < 1.29 is 4.39 Å².